The van der Waals surface area contributed by atoms with Crippen LogP contribution in [0.2, 0.25) is 0 Å². The molecule has 1 saturated carbocycles. The number of rotatable bonds is 5. The van der Waals surface area contributed by atoms with E-state index in [-0.39, 0.29) is 5.91 Å². The summed E-state index contributed by atoms with van der Waals surface area (Å²) < 4.78 is 0. The summed E-state index contributed by atoms with van der Waals surface area (Å²) in [6.45, 7) is 0.743. The molecule has 2 rings (SSSR count). The van der Waals surface area contributed by atoms with E-state index in [0.29, 0.717) is 10.8 Å². The molecule has 0 aromatic carbocycles. The Morgan fingerprint density at radius 2 is 2.47 bits per heavy atom. The second kappa shape index (κ2) is 4.61. The van der Waals surface area contributed by atoms with Crippen molar-refractivity contribution in [3.63, 3.8) is 0 Å². The normalized spacial score (nSPS) is 15.2. The molecule has 0 bridgehead atoms. The van der Waals surface area contributed by atoms with Crippen LogP contribution in [-0.4, -0.2) is 17.4 Å². The van der Waals surface area contributed by atoms with E-state index in [1.165, 1.54) is 30.6 Å². The zero-order chi connectivity index (χ0) is 10.7. The lowest BCUT2D eigenvalue weighted by Gasteiger charge is -2.01. The van der Waals surface area contributed by atoms with Gasteiger partial charge in [0, 0.05) is 11.9 Å². The van der Waals surface area contributed by atoms with Gasteiger partial charge < -0.3 is 11.1 Å². The molecule has 0 aliphatic heterocycles. The third-order valence-electron chi connectivity index (χ3n) is 2.53. The molecule has 1 aromatic rings. The van der Waals surface area contributed by atoms with Crippen LogP contribution >= 0.6 is 11.3 Å². The minimum absolute atomic E-state index is 0.112. The Hall–Kier alpha value is -1.10. The van der Waals surface area contributed by atoms with E-state index in [0.717, 1.165) is 18.9 Å². The van der Waals surface area contributed by atoms with Crippen molar-refractivity contribution in [2.45, 2.75) is 25.7 Å². The minimum atomic E-state index is -0.112. The van der Waals surface area contributed by atoms with Crippen LogP contribution in [-0.2, 0) is 0 Å². The van der Waals surface area contributed by atoms with E-state index < -0.39 is 0 Å². The van der Waals surface area contributed by atoms with E-state index in [4.69, 9.17) is 5.73 Å². The molecule has 1 amide bonds. The van der Waals surface area contributed by atoms with Crippen LogP contribution in [0.5, 0.6) is 0 Å². The maximum absolute atomic E-state index is 11.5. The van der Waals surface area contributed by atoms with Crippen molar-refractivity contribution in [1.82, 2.24) is 10.3 Å². The van der Waals surface area contributed by atoms with Crippen LogP contribution in [0.25, 0.3) is 0 Å². The highest BCUT2D eigenvalue weighted by Crippen LogP contribution is 2.33. The highest BCUT2D eigenvalue weighted by atomic mass is 32.1. The fourth-order valence-electron chi connectivity index (χ4n) is 1.48. The van der Waals surface area contributed by atoms with Gasteiger partial charge in [0.1, 0.15) is 5.69 Å². The smallest absolute Gasteiger partial charge is 0.270 e. The number of thiazole rings is 1. The summed E-state index contributed by atoms with van der Waals surface area (Å²) in [5.74, 6) is 0.815. The highest BCUT2D eigenvalue weighted by molar-refractivity contribution is 7.13. The topological polar surface area (TPSA) is 68.0 Å². The molecule has 5 heteroatoms. The van der Waals surface area contributed by atoms with Crippen molar-refractivity contribution in [3.8, 4) is 0 Å². The number of nitrogens with one attached hydrogen (secondary N) is 1. The summed E-state index contributed by atoms with van der Waals surface area (Å²) in [4.78, 5) is 15.4. The van der Waals surface area contributed by atoms with Crippen molar-refractivity contribution >= 4 is 22.4 Å². The Bertz CT molecular complexity index is 346. The molecule has 1 fully saturated rings. The number of hydrogen-bond donors (Lipinski definition) is 2. The van der Waals surface area contributed by atoms with Gasteiger partial charge >= 0.3 is 0 Å². The molecule has 4 nitrogen and oxygen atoms in total. The van der Waals surface area contributed by atoms with E-state index in [2.05, 4.69) is 10.3 Å². The zero-order valence-electron chi connectivity index (χ0n) is 8.53. The van der Waals surface area contributed by atoms with Crippen molar-refractivity contribution in [2.75, 3.05) is 12.3 Å². The molecule has 82 valence electrons. The molecular formula is C10H15N3OS. The molecule has 1 aromatic heterocycles. The monoisotopic (exact) mass is 225 g/mol. The lowest BCUT2D eigenvalue weighted by atomic mass is 10.2. The fourth-order valence-corrected chi connectivity index (χ4v) is 2.02. The third kappa shape index (κ3) is 3.20. The number of anilines is 1. The quantitative estimate of drug-likeness (QED) is 0.749. The first-order chi connectivity index (χ1) is 7.25. The summed E-state index contributed by atoms with van der Waals surface area (Å²) >= 11 is 1.29. The number of hydrogen-bond acceptors (Lipinski definition) is 4. The Balaban J connectivity index is 1.67. The number of carbonyl (C=O) groups excluding carboxylic acids is 1. The fraction of sp³-hybridized carbons (Fsp3) is 0.600. The van der Waals surface area contributed by atoms with E-state index >= 15 is 0 Å². The Morgan fingerprint density at radius 3 is 3.07 bits per heavy atom. The maximum Gasteiger partial charge on any atom is 0.270 e. The van der Waals surface area contributed by atoms with Crippen molar-refractivity contribution in [2.24, 2.45) is 5.92 Å². The number of nitrogens with zero attached hydrogens (tertiary/aromatic N) is 1. The first kappa shape index (κ1) is 10.4. The van der Waals surface area contributed by atoms with E-state index in [1.54, 1.807) is 5.38 Å². The number of carbonyl (C=O) groups is 1. The summed E-state index contributed by atoms with van der Waals surface area (Å²) in [5, 5.41) is 4.97. The lowest BCUT2D eigenvalue weighted by molar-refractivity contribution is 0.0948. The molecule has 15 heavy (non-hydrogen) atoms. The van der Waals surface area contributed by atoms with Gasteiger partial charge in [0.2, 0.25) is 0 Å². The summed E-state index contributed by atoms with van der Waals surface area (Å²) in [6, 6.07) is 0. The second-order valence-electron chi connectivity index (χ2n) is 3.91. The largest absolute Gasteiger partial charge is 0.375 e. The second-order valence-corrected chi connectivity index (χ2v) is 4.80. The van der Waals surface area contributed by atoms with Crippen LogP contribution in [0, 0.1) is 5.92 Å². The average Bonchev–Trinajstić information content (AvgIpc) is 2.94. The number of nitrogen functional groups attached to an aromatic ring is 1. The predicted octanol–water partition coefficient (Wildman–Crippen LogP) is 1.65. The first-order valence-electron chi connectivity index (χ1n) is 5.25. The number of aromatic nitrogens is 1. The van der Waals surface area contributed by atoms with Crippen LogP contribution in [0.3, 0.4) is 0 Å². The molecule has 0 saturated heterocycles. The molecule has 1 aliphatic carbocycles. The van der Waals surface area contributed by atoms with Gasteiger partial charge in [-0.2, -0.15) is 0 Å². The Kier molecular flexibility index (Phi) is 3.20. The van der Waals surface area contributed by atoms with E-state index in [1.807, 2.05) is 0 Å². The SMILES string of the molecule is Nc1nc(C(=O)NCCCC2CC2)cs1. The standard InChI is InChI=1S/C10H15N3OS/c11-10-13-8(6-15-10)9(14)12-5-1-2-7-3-4-7/h6-7H,1-5H2,(H2,11,13)(H,12,14). The van der Waals surface area contributed by atoms with Crippen LogP contribution in [0.4, 0.5) is 5.13 Å². The molecule has 1 aliphatic rings. The molecule has 0 radical (unpaired) electrons. The van der Waals surface area contributed by atoms with Crippen LogP contribution in [0.15, 0.2) is 5.38 Å². The van der Waals surface area contributed by atoms with Gasteiger partial charge in [0.05, 0.1) is 0 Å². The van der Waals surface area contributed by atoms with Crippen LogP contribution in [0.1, 0.15) is 36.2 Å². The van der Waals surface area contributed by atoms with Crippen molar-refractivity contribution in [1.29, 1.82) is 0 Å². The highest BCUT2D eigenvalue weighted by Gasteiger charge is 2.20. The minimum Gasteiger partial charge on any atom is -0.375 e. The summed E-state index contributed by atoms with van der Waals surface area (Å²) in [7, 11) is 0. The van der Waals surface area contributed by atoms with Gasteiger partial charge in [-0.1, -0.05) is 12.8 Å². The molecular weight excluding hydrogens is 210 g/mol. The number of amides is 1. The lowest BCUT2D eigenvalue weighted by Crippen LogP contribution is -2.24. The predicted molar refractivity (Wildman–Crippen MR) is 60.8 cm³/mol. The Morgan fingerprint density at radius 1 is 1.67 bits per heavy atom. The third-order valence-corrected chi connectivity index (χ3v) is 3.20. The molecule has 0 unspecified atom stereocenters. The summed E-state index contributed by atoms with van der Waals surface area (Å²) in [6.07, 6.45) is 5.04. The van der Waals surface area contributed by atoms with Crippen molar-refractivity contribution in [3.05, 3.63) is 11.1 Å². The summed E-state index contributed by atoms with van der Waals surface area (Å²) in [5.41, 5.74) is 5.88. The molecule has 0 spiro atoms. The van der Waals surface area contributed by atoms with Gasteiger partial charge in [-0.05, 0) is 18.8 Å². The maximum atomic E-state index is 11.5. The molecule has 0 atom stereocenters. The van der Waals surface area contributed by atoms with Gasteiger partial charge in [0.25, 0.3) is 5.91 Å². The van der Waals surface area contributed by atoms with Crippen molar-refractivity contribution < 1.29 is 4.79 Å². The Labute approximate surface area is 92.9 Å². The molecule has 1 heterocycles. The average molecular weight is 225 g/mol. The first-order valence-corrected chi connectivity index (χ1v) is 6.13. The number of nitrogens with two attached hydrogens (primary N) is 1. The van der Waals surface area contributed by atoms with Gasteiger partial charge in [-0.15, -0.1) is 11.3 Å². The van der Waals surface area contributed by atoms with Gasteiger partial charge in [-0.3, -0.25) is 4.79 Å². The van der Waals surface area contributed by atoms with Crippen LogP contribution < -0.4 is 11.1 Å². The van der Waals surface area contributed by atoms with Gasteiger partial charge in [0.15, 0.2) is 5.13 Å². The van der Waals surface area contributed by atoms with Gasteiger partial charge in [-0.25, -0.2) is 4.98 Å². The zero-order valence-corrected chi connectivity index (χ0v) is 9.35. The molecule has 3 N–H and O–H groups in total. The van der Waals surface area contributed by atoms with E-state index in [9.17, 15) is 4.79 Å².